The van der Waals surface area contributed by atoms with Crippen molar-refractivity contribution in [2.45, 2.75) is 33.2 Å². The van der Waals surface area contributed by atoms with Gasteiger partial charge in [-0.3, -0.25) is 4.79 Å². The van der Waals surface area contributed by atoms with Crippen LogP contribution in [0.4, 0.5) is 24.5 Å². The molecular weight excluding hydrogens is 533 g/mol. The Kier molecular flexibility index (Phi) is 7.19. The summed E-state index contributed by atoms with van der Waals surface area (Å²) >= 11 is 3.80. The second-order valence-corrected chi connectivity index (χ2v) is 10.2. The normalized spacial score (nSPS) is 16.4. The van der Waals surface area contributed by atoms with E-state index in [-0.39, 0.29) is 17.8 Å². The second-order valence-electron chi connectivity index (χ2n) is 10.0. The number of carbonyl (C=O) groups is 1. The number of thiol groups is 1. The van der Waals surface area contributed by atoms with E-state index in [0.29, 0.717) is 24.1 Å². The molecular formula is C27H29F3N4O4S. The minimum absolute atomic E-state index is 0.000876. The van der Waals surface area contributed by atoms with Crippen molar-refractivity contribution >= 4 is 41.1 Å². The lowest BCUT2D eigenvalue weighted by Crippen LogP contribution is -2.44. The van der Waals surface area contributed by atoms with Gasteiger partial charge in [-0.1, -0.05) is 12.8 Å². The molecule has 0 spiro atoms. The minimum atomic E-state index is -4.94. The number of nitrogens with one attached hydrogen (secondary N) is 1. The molecule has 1 amide bonds. The summed E-state index contributed by atoms with van der Waals surface area (Å²) in [6.07, 6.45) is -4.52. The van der Waals surface area contributed by atoms with Crippen LogP contribution in [-0.4, -0.2) is 61.8 Å². The monoisotopic (exact) mass is 562 g/mol. The highest BCUT2D eigenvalue weighted by atomic mass is 32.1. The van der Waals surface area contributed by atoms with Crippen molar-refractivity contribution in [3.05, 3.63) is 62.5 Å². The third-order valence-electron chi connectivity index (χ3n) is 7.49. The first-order chi connectivity index (χ1) is 18.5. The fourth-order valence-corrected chi connectivity index (χ4v) is 5.63. The molecule has 0 atom stereocenters. The van der Waals surface area contributed by atoms with Gasteiger partial charge in [0.1, 0.15) is 5.58 Å². The number of nitrogens with zero attached hydrogens (tertiary/aromatic N) is 3. The van der Waals surface area contributed by atoms with Crippen molar-refractivity contribution in [3.63, 3.8) is 0 Å². The average Bonchev–Trinajstić information content (AvgIpc) is 2.89. The van der Waals surface area contributed by atoms with Crippen LogP contribution in [-0.2, 0) is 13.0 Å². The van der Waals surface area contributed by atoms with Crippen molar-refractivity contribution in [1.29, 1.82) is 0 Å². The van der Waals surface area contributed by atoms with Crippen LogP contribution in [0.1, 0.15) is 32.6 Å². The van der Waals surface area contributed by atoms with Crippen molar-refractivity contribution in [1.82, 2.24) is 9.80 Å². The molecule has 1 aromatic heterocycles. The molecule has 0 bridgehead atoms. The van der Waals surface area contributed by atoms with E-state index in [1.54, 1.807) is 0 Å². The molecule has 1 N–H and O–H groups in total. The molecule has 2 aromatic carbocycles. The molecule has 0 saturated carbocycles. The molecule has 0 aliphatic carbocycles. The van der Waals surface area contributed by atoms with E-state index in [2.05, 4.69) is 45.2 Å². The number of ether oxygens (including phenoxy) is 1. The number of halogens is 3. The molecule has 8 nitrogen and oxygen atoms in total. The van der Waals surface area contributed by atoms with Crippen LogP contribution in [0.2, 0.25) is 0 Å². The maximum atomic E-state index is 13.3. The standard InChI is InChI=1S/C27H29F3N4O4S/c1-15-12-21(33-10-8-32(3)9-11-33)16(2)24-23(15)18-6-7-34(14-19(18)26(36)37-24)25(35)17-4-5-20(31-39)22(13-17)38-27(28,29)30/h4-5,12-13,31,39H,6-11,14H2,1-3H3. The lowest BCUT2D eigenvalue weighted by Gasteiger charge is -2.35. The van der Waals surface area contributed by atoms with Crippen LogP contribution >= 0.6 is 12.8 Å². The summed E-state index contributed by atoms with van der Waals surface area (Å²) in [7, 11) is 2.10. The van der Waals surface area contributed by atoms with Gasteiger partial charge in [0.25, 0.3) is 5.91 Å². The molecule has 0 unspecified atom stereocenters. The number of piperazine rings is 1. The van der Waals surface area contributed by atoms with Gasteiger partial charge in [-0.2, -0.15) is 0 Å². The lowest BCUT2D eigenvalue weighted by atomic mass is 9.92. The quantitative estimate of drug-likeness (QED) is 0.358. The number of hydrogen-bond donors (Lipinski definition) is 2. The molecule has 5 rings (SSSR count). The fourth-order valence-electron chi connectivity index (χ4n) is 5.44. The maximum Gasteiger partial charge on any atom is 0.573 e. The number of rotatable bonds is 4. The van der Waals surface area contributed by atoms with E-state index >= 15 is 0 Å². The summed E-state index contributed by atoms with van der Waals surface area (Å²) in [5.74, 6) is -1.09. The van der Waals surface area contributed by atoms with Gasteiger partial charge in [0.05, 0.1) is 17.8 Å². The molecule has 2 aliphatic heterocycles. The first-order valence-corrected chi connectivity index (χ1v) is 13.0. The van der Waals surface area contributed by atoms with Crippen LogP contribution < -0.4 is 20.0 Å². The van der Waals surface area contributed by atoms with Gasteiger partial charge >= 0.3 is 12.0 Å². The maximum absolute atomic E-state index is 13.3. The molecule has 39 heavy (non-hydrogen) atoms. The highest BCUT2D eigenvalue weighted by Crippen LogP contribution is 2.36. The summed E-state index contributed by atoms with van der Waals surface area (Å²) in [6, 6.07) is 5.82. The Labute approximate surface area is 228 Å². The lowest BCUT2D eigenvalue weighted by molar-refractivity contribution is -0.274. The Morgan fingerprint density at radius 2 is 1.79 bits per heavy atom. The Bertz CT molecular complexity index is 1500. The third-order valence-corrected chi connectivity index (χ3v) is 7.73. The highest BCUT2D eigenvalue weighted by Gasteiger charge is 2.33. The number of likely N-dealkylation sites (N-methyl/N-ethyl adjacent to an activating group) is 1. The number of carbonyl (C=O) groups excluding carboxylic acids is 1. The summed E-state index contributed by atoms with van der Waals surface area (Å²) in [5.41, 5.74) is 4.22. The first-order valence-electron chi connectivity index (χ1n) is 12.6. The fraction of sp³-hybridized carbons (Fsp3) is 0.407. The van der Waals surface area contributed by atoms with Crippen molar-refractivity contribution < 1.29 is 27.1 Å². The van der Waals surface area contributed by atoms with Crippen molar-refractivity contribution in [2.75, 3.05) is 49.4 Å². The first kappa shape index (κ1) is 27.2. The Morgan fingerprint density at radius 3 is 2.46 bits per heavy atom. The third kappa shape index (κ3) is 5.27. The van der Waals surface area contributed by atoms with E-state index in [0.717, 1.165) is 60.0 Å². The number of fused-ring (bicyclic) bond motifs is 3. The van der Waals surface area contributed by atoms with Crippen molar-refractivity contribution in [2.24, 2.45) is 0 Å². The van der Waals surface area contributed by atoms with E-state index in [1.807, 2.05) is 13.8 Å². The largest absolute Gasteiger partial charge is 0.573 e. The SMILES string of the molecule is Cc1c(N2CCN(C)CC2)cc(C)c2c3c(c(=O)oc12)CN(C(=O)c1ccc(NS)c(OC(F)(F)F)c1)CC3. The summed E-state index contributed by atoms with van der Waals surface area (Å²) in [6.45, 7) is 7.92. The van der Waals surface area contributed by atoms with E-state index in [1.165, 1.54) is 17.0 Å². The van der Waals surface area contributed by atoms with E-state index < -0.39 is 23.6 Å². The zero-order valence-corrected chi connectivity index (χ0v) is 22.7. The molecule has 0 radical (unpaired) electrons. The summed E-state index contributed by atoms with van der Waals surface area (Å²) < 4.78 is 50.9. The number of hydrogen-bond acceptors (Lipinski definition) is 8. The van der Waals surface area contributed by atoms with Gasteiger partial charge in [-0.25, -0.2) is 4.79 Å². The Balaban J connectivity index is 1.47. The van der Waals surface area contributed by atoms with Gasteiger partial charge in [0, 0.05) is 54.9 Å². The highest BCUT2D eigenvalue weighted by molar-refractivity contribution is 7.81. The van der Waals surface area contributed by atoms with E-state index in [9.17, 15) is 22.8 Å². The molecule has 1 saturated heterocycles. The topological polar surface area (TPSA) is 78.3 Å². The zero-order chi connectivity index (χ0) is 28.1. The van der Waals surface area contributed by atoms with Crippen molar-refractivity contribution in [3.8, 4) is 5.75 Å². The molecule has 12 heteroatoms. The number of alkyl halides is 3. The molecule has 208 valence electrons. The Hall–Kier alpha value is -3.38. The van der Waals surface area contributed by atoms with Crippen LogP contribution in [0.25, 0.3) is 11.0 Å². The van der Waals surface area contributed by atoms with Gasteiger partial charge < -0.3 is 28.6 Å². The average molecular weight is 563 g/mol. The van der Waals surface area contributed by atoms with Crippen LogP contribution in [0.3, 0.4) is 0 Å². The van der Waals surface area contributed by atoms with Gasteiger partial charge in [-0.15, -0.1) is 13.2 Å². The number of amides is 1. The van der Waals surface area contributed by atoms with Gasteiger partial charge in [0.2, 0.25) is 0 Å². The number of benzene rings is 2. The van der Waals surface area contributed by atoms with Crippen LogP contribution in [0, 0.1) is 13.8 Å². The van der Waals surface area contributed by atoms with Gasteiger partial charge in [0.15, 0.2) is 5.75 Å². The van der Waals surface area contributed by atoms with Gasteiger partial charge in [-0.05, 0) is 62.7 Å². The minimum Gasteiger partial charge on any atom is -0.422 e. The molecule has 1 fully saturated rings. The number of anilines is 2. The summed E-state index contributed by atoms with van der Waals surface area (Å²) in [4.78, 5) is 32.5. The molecule has 3 aromatic rings. The Morgan fingerprint density at radius 1 is 1.08 bits per heavy atom. The zero-order valence-electron chi connectivity index (χ0n) is 21.8. The molecule has 2 aliphatic rings. The van der Waals surface area contributed by atoms with Crippen LogP contribution in [0.15, 0.2) is 33.5 Å². The molecule has 3 heterocycles. The number of aryl methyl sites for hydroxylation is 2. The van der Waals surface area contributed by atoms with E-state index in [4.69, 9.17) is 4.42 Å². The predicted molar refractivity (Wildman–Crippen MR) is 146 cm³/mol. The smallest absolute Gasteiger partial charge is 0.422 e. The predicted octanol–water partition coefficient (Wildman–Crippen LogP) is 4.52. The summed E-state index contributed by atoms with van der Waals surface area (Å²) in [5, 5.41) is 0.886. The second kappa shape index (κ2) is 10.3. The van der Waals surface area contributed by atoms with Crippen LogP contribution in [0.5, 0.6) is 5.75 Å².